The fourth-order valence-corrected chi connectivity index (χ4v) is 5.41. The summed E-state index contributed by atoms with van der Waals surface area (Å²) in [5.74, 6) is -0.305. The van der Waals surface area contributed by atoms with Crippen LogP contribution in [0.2, 0.25) is 0 Å². The third-order valence-electron chi connectivity index (χ3n) is 4.96. The lowest BCUT2D eigenvalue weighted by Crippen LogP contribution is -2.32. The maximum atomic E-state index is 13.2. The second kappa shape index (κ2) is 7.32. The standard InChI is InChI=1S/C19H25N3O3S/c1-14-10-6-7-11-17(14)19(23)22-16(3)18(15(2)20-22)26(24,25)21-12-8-4-5-9-13-21/h6-7,10-11H,4-5,8-9,12-13H2,1-3H3. The highest BCUT2D eigenvalue weighted by atomic mass is 32.2. The average molecular weight is 375 g/mol. The Morgan fingerprint density at radius 1 is 1.00 bits per heavy atom. The number of nitrogens with zero attached hydrogens (tertiary/aromatic N) is 3. The van der Waals surface area contributed by atoms with Gasteiger partial charge in [-0.1, -0.05) is 31.0 Å². The van der Waals surface area contributed by atoms with Gasteiger partial charge in [0.15, 0.2) is 0 Å². The molecule has 0 radical (unpaired) electrons. The van der Waals surface area contributed by atoms with Crippen LogP contribution in [0, 0.1) is 20.8 Å². The summed E-state index contributed by atoms with van der Waals surface area (Å²) in [6, 6.07) is 7.24. The van der Waals surface area contributed by atoms with Crippen LogP contribution in [0.4, 0.5) is 0 Å². The molecular weight excluding hydrogens is 350 g/mol. The topological polar surface area (TPSA) is 72.3 Å². The Balaban J connectivity index is 2.03. The first kappa shape index (κ1) is 18.8. The Kier molecular flexibility index (Phi) is 5.29. The van der Waals surface area contributed by atoms with Crippen molar-refractivity contribution in [1.82, 2.24) is 14.1 Å². The summed E-state index contributed by atoms with van der Waals surface area (Å²) in [4.78, 5) is 13.1. The van der Waals surface area contributed by atoms with E-state index in [2.05, 4.69) is 5.10 Å². The maximum absolute atomic E-state index is 13.2. The van der Waals surface area contributed by atoms with Crippen molar-refractivity contribution < 1.29 is 13.2 Å². The summed E-state index contributed by atoms with van der Waals surface area (Å²) in [7, 11) is -3.65. The Labute approximate surface area is 154 Å². The Hall–Kier alpha value is -1.99. The molecule has 1 aliphatic heterocycles. The van der Waals surface area contributed by atoms with Gasteiger partial charge in [-0.2, -0.15) is 14.1 Å². The number of hydrogen-bond donors (Lipinski definition) is 0. The number of benzene rings is 1. The first-order chi connectivity index (χ1) is 12.3. The second-order valence-electron chi connectivity index (χ2n) is 6.85. The molecule has 1 aromatic heterocycles. The number of sulfonamides is 1. The van der Waals surface area contributed by atoms with Crippen molar-refractivity contribution in [2.75, 3.05) is 13.1 Å². The van der Waals surface area contributed by atoms with E-state index >= 15 is 0 Å². The zero-order valence-corrected chi connectivity index (χ0v) is 16.3. The van der Waals surface area contributed by atoms with Gasteiger partial charge in [-0.15, -0.1) is 0 Å². The zero-order chi connectivity index (χ0) is 18.9. The fourth-order valence-electron chi connectivity index (χ4n) is 3.54. The van der Waals surface area contributed by atoms with Crippen LogP contribution in [-0.4, -0.2) is 41.5 Å². The molecule has 0 amide bonds. The van der Waals surface area contributed by atoms with Crippen LogP contribution < -0.4 is 0 Å². The minimum atomic E-state index is -3.65. The Morgan fingerprint density at radius 3 is 2.23 bits per heavy atom. The number of hydrogen-bond acceptors (Lipinski definition) is 4. The quantitative estimate of drug-likeness (QED) is 0.826. The average Bonchev–Trinajstić information content (AvgIpc) is 2.79. The first-order valence-corrected chi connectivity index (χ1v) is 10.4. The normalized spacial score (nSPS) is 16.4. The van der Waals surface area contributed by atoms with Crippen LogP contribution in [-0.2, 0) is 10.0 Å². The molecular formula is C19H25N3O3S. The van der Waals surface area contributed by atoms with Crippen LogP contribution in [0.5, 0.6) is 0 Å². The summed E-state index contributed by atoms with van der Waals surface area (Å²) < 4.78 is 29.1. The molecule has 0 bridgehead atoms. The van der Waals surface area contributed by atoms with Crippen LogP contribution >= 0.6 is 0 Å². The van der Waals surface area contributed by atoms with E-state index in [1.807, 2.05) is 19.1 Å². The van der Waals surface area contributed by atoms with Gasteiger partial charge in [0.05, 0.1) is 11.4 Å². The van der Waals surface area contributed by atoms with E-state index < -0.39 is 10.0 Å². The molecule has 0 saturated carbocycles. The number of aryl methyl sites for hydroxylation is 2. The predicted octanol–water partition coefficient (Wildman–Crippen LogP) is 3.06. The molecule has 1 aromatic carbocycles. The lowest BCUT2D eigenvalue weighted by atomic mass is 10.1. The predicted molar refractivity (Wildman–Crippen MR) is 99.8 cm³/mol. The number of carbonyl (C=O) groups excluding carboxylic acids is 1. The van der Waals surface area contributed by atoms with Gasteiger partial charge in [-0.3, -0.25) is 4.79 Å². The molecule has 1 aliphatic rings. The van der Waals surface area contributed by atoms with Gasteiger partial charge in [0, 0.05) is 18.7 Å². The van der Waals surface area contributed by atoms with Gasteiger partial charge in [-0.05, 0) is 45.2 Å². The van der Waals surface area contributed by atoms with Crippen LogP contribution in [0.15, 0.2) is 29.2 Å². The second-order valence-corrected chi connectivity index (χ2v) is 8.72. The van der Waals surface area contributed by atoms with Crippen LogP contribution in [0.25, 0.3) is 0 Å². The summed E-state index contributed by atoms with van der Waals surface area (Å²) >= 11 is 0. The molecule has 2 aromatic rings. The van der Waals surface area contributed by atoms with Crippen LogP contribution in [0.1, 0.15) is 53.0 Å². The van der Waals surface area contributed by atoms with Crippen molar-refractivity contribution in [3.63, 3.8) is 0 Å². The summed E-state index contributed by atoms with van der Waals surface area (Å²) in [5.41, 5.74) is 2.10. The fraction of sp³-hybridized carbons (Fsp3) is 0.474. The molecule has 26 heavy (non-hydrogen) atoms. The SMILES string of the molecule is Cc1ccccc1C(=O)n1nc(C)c(S(=O)(=O)N2CCCCCC2)c1C. The molecule has 7 heteroatoms. The first-order valence-electron chi connectivity index (χ1n) is 9.00. The monoisotopic (exact) mass is 375 g/mol. The lowest BCUT2D eigenvalue weighted by Gasteiger charge is -2.20. The maximum Gasteiger partial charge on any atom is 0.278 e. The molecule has 0 spiro atoms. The van der Waals surface area contributed by atoms with E-state index in [1.54, 1.807) is 30.3 Å². The molecule has 3 rings (SSSR count). The smallest absolute Gasteiger partial charge is 0.267 e. The Morgan fingerprint density at radius 2 is 1.62 bits per heavy atom. The van der Waals surface area contributed by atoms with Crippen molar-refractivity contribution in [1.29, 1.82) is 0 Å². The van der Waals surface area contributed by atoms with E-state index in [0.717, 1.165) is 31.2 Å². The third-order valence-corrected chi connectivity index (χ3v) is 7.11. The van der Waals surface area contributed by atoms with Crippen molar-refractivity contribution in [2.24, 2.45) is 0 Å². The van der Waals surface area contributed by atoms with Crippen molar-refractivity contribution >= 4 is 15.9 Å². The van der Waals surface area contributed by atoms with Gasteiger partial charge >= 0.3 is 0 Å². The molecule has 1 saturated heterocycles. The zero-order valence-electron chi connectivity index (χ0n) is 15.5. The largest absolute Gasteiger partial charge is 0.278 e. The molecule has 0 N–H and O–H groups in total. The minimum Gasteiger partial charge on any atom is -0.267 e. The molecule has 6 nitrogen and oxygen atoms in total. The van der Waals surface area contributed by atoms with Gasteiger partial charge < -0.3 is 0 Å². The van der Waals surface area contributed by atoms with Crippen molar-refractivity contribution in [3.05, 3.63) is 46.8 Å². The van der Waals surface area contributed by atoms with E-state index in [-0.39, 0.29) is 10.8 Å². The van der Waals surface area contributed by atoms with E-state index in [0.29, 0.717) is 30.0 Å². The molecule has 0 aliphatic carbocycles. The van der Waals surface area contributed by atoms with Crippen molar-refractivity contribution in [3.8, 4) is 0 Å². The van der Waals surface area contributed by atoms with Crippen molar-refractivity contribution in [2.45, 2.75) is 51.3 Å². The van der Waals surface area contributed by atoms with Gasteiger partial charge in [0.25, 0.3) is 5.91 Å². The van der Waals surface area contributed by atoms with Gasteiger partial charge in [0.2, 0.25) is 10.0 Å². The van der Waals surface area contributed by atoms with Gasteiger partial charge in [0.1, 0.15) is 4.90 Å². The minimum absolute atomic E-state index is 0.168. The number of carbonyl (C=O) groups is 1. The number of aromatic nitrogens is 2. The molecule has 140 valence electrons. The highest BCUT2D eigenvalue weighted by molar-refractivity contribution is 7.89. The lowest BCUT2D eigenvalue weighted by molar-refractivity contribution is 0.0941. The molecule has 0 unspecified atom stereocenters. The Bertz CT molecular complexity index is 924. The molecule has 1 fully saturated rings. The molecule has 2 heterocycles. The number of rotatable bonds is 3. The molecule has 0 atom stereocenters. The van der Waals surface area contributed by atoms with Gasteiger partial charge in [-0.25, -0.2) is 8.42 Å². The summed E-state index contributed by atoms with van der Waals surface area (Å²) in [5, 5.41) is 4.27. The van der Waals surface area contributed by atoms with E-state index in [4.69, 9.17) is 0 Å². The van der Waals surface area contributed by atoms with E-state index in [9.17, 15) is 13.2 Å². The van der Waals surface area contributed by atoms with E-state index in [1.165, 1.54) is 4.68 Å². The third kappa shape index (κ3) is 3.33. The highest BCUT2D eigenvalue weighted by Crippen LogP contribution is 2.26. The highest BCUT2D eigenvalue weighted by Gasteiger charge is 2.32. The summed E-state index contributed by atoms with van der Waals surface area (Å²) in [6.07, 6.45) is 3.84. The summed E-state index contributed by atoms with van der Waals surface area (Å²) in [6.45, 7) is 6.21. The van der Waals surface area contributed by atoms with Crippen LogP contribution in [0.3, 0.4) is 0 Å².